The number of rotatable bonds is 9. The van der Waals surface area contributed by atoms with E-state index in [1.807, 2.05) is 18.2 Å². The van der Waals surface area contributed by atoms with Gasteiger partial charge in [0.15, 0.2) is 17.5 Å². The van der Waals surface area contributed by atoms with E-state index in [-0.39, 0.29) is 0 Å². The van der Waals surface area contributed by atoms with Crippen LogP contribution in [-0.4, -0.2) is 43.6 Å². The molecule has 93 heavy (non-hydrogen) atoms. The summed E-state index contributed by atoms with van der Waals surface area (Å²) in [6, 6.07) is 109. The highest BCUT2D eigenvalue weighted by atomic mass is 15.0. The van der Waals surface area contributed by atoms with Crippen molar-refractivity contribution < 1.29 is 0 Å². The number of hydrogen-bond acceptors (Lipinski definition) is 6. The maximum absolute atomic E-state index is 5.56. The minimum atomic E-state index is 0.543. The molecule has 6 aromatic heterocycles. The molecule has 19 aromatic rings. The lowest BCUT2D eigenvalue weighted by molar-refractivity contribution is 1.17. The van der Waals surface area contributed by atoms with E-state index >= 15 is 0 Å². The van der Waals surface area contributed by atoms with Gasteiger partial charge in [-0.1, -0.05) is 200 Å². The van der Waals surface area contributed by atoms with Crippen LogP contribution in [0.1, 0.15) is 0 Å². The van der Waals surface area contributed by atoms with Crippen LogP contribution >= 0.6 is 0 Å². The summed E-state index contributed by atoms with van der Waals surface area (Å²) >= 11 is 0. The largest absolute Gasteiger partial charge is 0.309 e. The Kier molecular flexibility index (Phi) is 11.8. The predicted molar refractivity (Wildman–Crippen MR) is 381 cm³/mol. The molecule has 0 aliphatic heterocycles. The third-order valence-corrected chi connectivity index (χ3v) is 18.5. The van der Waals surface area contributed by atoms with Crippen LogP contribution in [0.15, 0.2) is 309 Å². The first-order chi connectivity index (χ1) is 46.1. The van der Waals surface area contributed by atoms with Gasteiger partial charge >= 0.3 is 0 Å². The van der Waals surface area contributed by atoms with Crippen LogP contribution in [0.25, 0.3) is 183 Å². The lowest BCUT2D eigenvalue weighted by Crippen LogP contribution is -2.00. The Labute approximate surface area is 533 Å². The first-order valence-electron chi connectivity index (χ1n) is 31.3. The smallest absolute Gasteiger partial charge is 0.160 e. The minimum absolute atomic E-state index is 0.543. The average Bonchev–Trinajstić information content (AvgIpc) is 1.73. The van der Waals surface area contributed by atoms with Crippen LogP contribution < -0.4 is 0 Å². The van der Waals surface area contributed by atoms with E-state index in [9.17, 15) is 0 Å². The van der Waals surface area contributed by atoms with E-state index in [4.69, 9.17) is 29.9 Å². The quantitative estimate of drug-likeness (QED) is 0.143. The Morgan fingerprint density at radius 3 is 0.613 bits per heavy atom. The average molecular weight is 1190 g/mol. The normalized spacial score (nSPS) is 11.9. The number of aromatic nitrogens is 9. The highest BCUT2D eigenvalue weighted by Crippen LogP contribution is 2.41. The van der Waals surface area contributed by atoms with Crippen molar-refractivity contribution in [1.82, 2.24) is 43.6 Å². The van der Waals surface area contributed by atoms with E-state index in [0.717, 1.165) is 133 Å². The zero-order valence-electron chi connectivity index (χ0n) is 50.0. The molecule has 19 rings (SSSR count). The molecule has 0 aliphatic carbocycles. The maximum atomic E-state index is 5.56. The van der Waals surface area contributed by atoms with Crippen molar-refractivity contribution in [2.24, 2.45) is 0 Å². The standard InChI is InChI=1S/C84H51N9/c1-10-28-70-67(25-1)79(52-37-43-58(44-38-52)91-73-31-13-4-19-61(73)62-20-5-14-32-74(62)91)88-82(85-70)55-49-56(83-86-71-29-11-2-26-68(71)80(89-83)53-39-45-59(46-40-53)92-75-33-15-6-21-63(75)64-22-7-16-34-76(64)92)51-57(50-55)84-87-72-30-12-3-27-69(72)81(90-84)54-41-47-60(48-42-54)93-77-35-17-8-23-65(77)66-24-9-18-36-78(66)93/h1-51H. The molecule has 0 radical (unpaired) electrons. The Hall–Kier alpha value is -12.7. The van der Waals surface area contributed by atoms with E-state index in [1.54, 1.807) is 0 Å². The van der Waals surface area contributed by atoms with Gasteiger partial charge in [0.05, 0.1) is 66.7 Å². The van der Waals surface area contributed by atoms with E-state index in [2.05, 4.69) is 305 Å². The molecule has 0 amide bonds. The number of fused-ring (bicyclic) bond motifs is 12. The second-order valence-corrected chi connectivity index (χ2v) is 23.8. The molecular weight excluding hydrogens is 1130 g/mol. The molecule has 0 spiro atoms. The molecule has 0 saturated heterocycles. The molecule has 9 nitrogen and oxygen atoms in total. The minimum Gasteiger partial charge on any atom is -0.309 e. The number of nitrogens with zero attached hydrogens (tertiary/aromatic N) is 9. The van der Waals surface area contributed by atoms with Crippen molar-refractivity contribution in [1.29, 1.82) is 0 Å². The molecule has 0 bridgehead atoms. The first-order valence-corrected chi connectivity index (χ1v) is 31.3. The number of para-hydroxylation sites is 9. The summed E-state index contributed by atoms with van der Waals surface area (Å²) < 4.78 is 7.03. The van der Waals surface area contributed by atoms with Crippen molar-refractivity contribution >= 4 is 98.1 Å². The summed E-state index contributed by atoms with van der Waals surface area (Å²) in [6.45, 7) is 0. The fourth-order valence-corrected chi connectivity index (χ4v) is 14.2. The van der Waals surface area contributed by atoms with Crippen molar-refractivity contribution in [3.63, 3.8) is 0 Å². The van der Waals surface area contributed by atoms with Crippen molar-refractivity contribution in [3.8, 4) is 85.0 Å². The molecule has 0 saturated carbocycles. The molecule has 0 fully saturated rings. The van der Waals surface area contributed by atoms with Gasteiger partial charge in [0.2, 0.25) is 0 Å². The highest BCUT2D eigenvalue weighted by Gasteiger charge is 2.22. The van der Waals surface area contributed by atoms with Gasteiger partial charge in [-0.15, -0.1) is 0 Å². The van der Waals surface area contributed by atoms with Gasteiger partial charge in [-0.05, 0) is 109 Å². The van der Waals surface area contributed by atoms with Crippen LogP contribution in [0, 0.1) is 0 Å². The lowest BCUT2D eigenvalue weighted by Gasteiger charge is -2.15. The SMILES string of the molecule is c1ccc2c(-c3ccc(-n4c5ccccc5c5ccccc54)cc3)nc(-c3cc(-c4nc(-c5ccc(-n6c7ccccc7c7ccccc76)cc5)c5ccccc5n4)cc(-c4nc(-c5ccc(-n6c7ccccc7c7ccccc76)cc5)c5ccccc5n4)c3)nc2c1. The Bertz CT molecular complexity index is 5460. The summed E-state index contributed by atoms with van der Waals surface area (Å²) in [5, 5.41) is 10.1. The van der Waals surface area contributed by atoms with Crippen molar-refractivity contribution in [2.45, 2.75) is 0 Å². The molecule has 432 valence electrons. The maximum Gasteiger partial charge on any atom is 0.160 e. The molecule has 0 atom stereocenters. The molecule has 13 aromatic carbocycles. The molecule has 6 heterocycles. The second-order valence-electron chi connectivity index (χ2n) is 23.8. The zero-order chi connectivity index (χ0) is 61.1. The van der Waals surface area contributed by atoms with Crippen LogP contribution in [0.4, 0.5) is 0 Å². The molecule has 9 heteroatoms. The van der Waals surface area contributed by atoms with Crippen LogP contribution in [0.5, 0.6) is 0 Å². The van der Waals surface area contributed by atoms with E-state index < -0.39 is 0 Å². The molecule has 0 unspecified atom stereocenters. The van der Waals surface area contributed by atoms with Gasteiger partial charge in [0.25, 0.3) is 0 Å². The fraction of sp³-hybridized carbons (Fsp3) is 0. The summed E-state index contributed by atoms with van der Waals surface area (Å²) in [5.74, 6) is 1.63. The van der Waals surface area contributed by atoms with Gasteiger partial charge in [-0.2, -0.15) is 0 Å². The van der Waals surface area contributed by atoms with Crippen molar-refractivity contribution in [3.05, 3.63) is 309 Å². The van der Waals surface area contributed by atoms with Gasteiger partial charge < -0.3 is 13.7 Å². The molecular formula is C84H51N9. The summed E-state index contributed by atoms with van der Waals surface area (Å²) in [7, 11) is 0. The topological polar surface area (TPSA) is 92.1 Å². The number of hydrogen-bond donors (Lipinski definition) is 0. The van der Waals surface area contributed by atoms with Crippen molar-refractivity contribution in [2.75, 3.05) is 0 Å². The van der Waals surface area contributed by atoms with Gasteiger partial charge in [-0.25, -0.2) is 29.9 Å². The Morgan fingerprint density at radius 1 is 0.172 bits per heavy atom. The van der Waals surface area contributed by atoms with Gasteiger partial charge in [0, 0.05) is 98.9 Å². The van der Waals surface area contributed by atoms with Crippen LogP contribution in [-0.2, 0) is 0 Å². The van der Waals surface area contributed by atoms with Gasteiger partial charge in [-0.3, -0.25) is 0 Å². The van der Waals surface area contributed by atoms with Crippen LogP contribution in [0.3, 0.4) is 0 Å². The van der Waals surface area contributed by atoms with Gasteiger partial charge in [0.1, 0.15) is 0 Å². The molecule has 0 aliphatic rings. The zero-order valence-corrected chi connectivity index (χ0v) is 50.0. The third-order valence-electron chi connectivity index (χ3n) is 18.5. The summed E-state index contributed by atoms with van der Waals surface area (Å²) in [6.07, 6.45) is 0. The van der Waals surface area contributed by atoms with E-state index in [1.165, 1.54) is 32.3 Å². The Balaban J connectivity index is 0.784. The summed E-state index contributed by atoms with van der Waals surface area (Å²) in [4.78, 5) is 32.9. The molecule has 0 N–H and O–H groups in total. The van der Waals surface area contributed by atoms with E-state index in [0.29, 0.717) is 17.5 Å². The van der Waals surface area contributed by atoms with Crippen LogP contribution in [0.2, 0.25) is 0 Å². The fourth-order valence-electron chi connectivity index (χ4n) is 14.2. The first kappa shape index (κ1) is 52.2. The number of benzene rings is 13. The predicted octanol–water partition coefficient (Wildman–Crippen LogP) is 20.8. The highest BCUT2D eigenvalue weighted by molar-refractivity contribution is 6.12. The summed E-state index contributed by atoms with van der Waals surface area (Å²) in [5.41, 5.74) is 20.2. The lowest BCUT2D eigenvalue weighted by atomic mass is 10.0. The third kappa shape index (κ3) is 8.48. The Morgan fingerprint density at radius 2 is 0.376 bits per heavy atom. The monoisotopic (exact) mass is 1190 g/mol. The second kappa shape index (κ2) is 20.9.